The fraction of sp³-hybridized carbons (Fsp3) is 0.176. The van der Waals surface area contributed by atoms with Gasteiger partial charge in [0.15, 0.2) is 6.10 Å². The molecule has 0 spiro atoms. The molecular formula is C17H16N2O4S. The van der Waals surface area contributed by atoms with E-state index in [-0.39, 0.29) is 9.79 Å². The normalized spacial score (nSPS) is 12.8. The molecular weight excluding hydrogens is 328 g/mol. The summed E-state index contributed by atoms with van der Waals surface area (Å²) in [5.74, 6) is 1.35. The van der Waals surface area contributed by atoms with Crippen LogP contribution in [0.3, 0.4) is 0 Å². The predicted molar refractivity (Wildman–Crippen MR) is 86.4 cm³/mol. The third-order valence-corrected chi connectivity index (χ3v) is 5.18. The van der Waals surface area contributed by atoms with E-state index in [1.54, 1.807) is 56.3 Å². The first-order chi connectivity index (χ1) is 11.5. The third-order valence-electron chi connectivity index (χ3n) is 3.39. The van der Waals surface area contributed by atoms with Crippen molar-refractivity contribution < 1.29 is 17.6 Å². The summed E-state index contributed by atoms with van der Waals surface area (Å²) in [6.45, 7) is 3.48. The van der Waals surface area contributed by atoms with Crippen LogP contribution in [0.15, 0.2) is 68.8 Å². The maximum Gasteiger partial charge on any atom is 0.256 e. The number of aryl methyl sites for hydroxylation is 1. The number of benzene rings is 2. The van der Waals surface area contributed by atoms with Gasteiger partial charge in [-0.2, -0.15) is 0 Å². The second-order valence-electron chi connectivity index (χ2n) is 5.21. The van der Waals surface area contributed by atoms with Crippen molar-refractivity contribution in [1.29, 1.82) is 0 Å². The van der Waals surface area contributed by atoms with Gasteiger partial charge in [-0.05, 0) is 43.3 Å². The summed E-state index contributed by atoms with van der Waals surface area (Å²) >= 11 is 0. The molecule has 1 aromatic heterocycles. The van der Waals surface area contributed by atoms with Gasteiger partial charge in [-0.15, -0.1) is 10.2 Å². The monoisotopic (exact) mass is 344 g/mol. The number of nitrogens with zero attached hydrogens (tertiary/aromatic N) is 2. The minimum absolute atomic E-state index is 0.210. The van der Waals surface area contributed by atoms with E-state index in [4.69, 9.17) is 9.15 Å². The minimum atomic E-state index is -3.53. The van der Waals surface area contributed by atoms with E-state index in [9.17, 15) is 8.42 Å². The average molecular weight is 344 g/mol. The van der Waals surface area contributed by atoms with Crippen LogP contribution < -0.4 is 4.74 Å². The molecule has 0 amide bonds. The van der Waals surface area contributed by atoms with E-state index < -0.39 is 15.9 Å². The van der Waals surface area contributed by atoms with Crippen molar-refractivity contribution >= 4 is 9.84 Å². The first-order valence-corrected chi connectivity index (χ1v) is 8.82. The number of aromatic nitrogens is 2. The van der Waals surface area contributed by atoms with Crippen molar-refractivity contribution in [1.82, 2.24) is 10.2 Å². The summed E-state index contributed by atoms with van der Waals surface area (Å²) in [6.07, 6.45) is -0.428. The van der Waals surface area contributed by atoms with Crippen LogP contribution in [-0.2, 0) is 9.84 Å². The zero-order chi connectivity index (χ0) is 17.2. The number of sulfone groups is 1. The largest absolute Gasteiger partial charge is 0.481 e. The van der Waals surface area contributed by atoms with Crippen LogP contribution in [0.1, 0.15) is 24.8 Å². The molecule has 0 aliphatic rings. The molecule has 3 rings (SSSR count). The molecule has 0 saturated carbocycles. The molecule has 1 heterocycles. The summed E-state index contributed by atoms with van der Waals surface area (Å²) < 4.78 is 36.0. The number of ether oxygens (including phenoxy) is 1. The summed E-state index contributed by atoms with van der Waals surface area (Å²) in [6, 6.07) is 14.5. The van der Waals surface area contributed by atoms with Crippen molar-refractivity contribution in [3.63, 3.8) is 0 Å². The van der Waals surface area contributed by atoms with Crippen molar-refractivity contribution in [3.8, 4) is 5.75 Å². The van der Waals surface area contributed by atoms with E-state index in [1.165, 1.54) is 12.1 Å². The zero-order valence-electron chi connectivity index (χ0n) is 13.2. The lowest BCUT2D eigenvalue weighted by molar-refractivity contribution is 0.187. The molecule has 6 nitrogen and oxygen atoms in total. The van der Waals surface area contributed by atoms with Gasteiger partial charge in [-0.25, -0.2) is 8.42 Å². The standard InChI is InChI=1S/C17H16N2O4S/c1-12(17-19-18-13(2)23-17)22-14-8-10-16(11-9-14)24(20,21)15-6-4-3-5-7-15/h3-12H,1-2H3/t12-/m1/s1. The molecule has 0 aliphatic carbocycles. The molecule has 1 atom stereocenters. The van der Waals surface area contributed by atoms with E-state index >= 15 is 0 Å². The highest BCUT2D eigenvalue weighted by Gasteiger charge is 2.18. The van der Waals surface area contributed by atoms with E-state index in [2.05, 4.69) is 10.2 Å². The lowest BCUT2D eigenvalue weighted by Gasteiger charge is -2.11. The Kier molecular flexibility index (Phi) is 4.35. The van der Waals surface area contributed by atoms with Crippen LogP contribution in [0, 0.1) is 6.92 Å². The van der Waals surface area contributed by atoms with Crippen molar-refractivity contribution in [3.05, 3.63) is 66.4 Å². The molecule has 0 bridgehead atoms. The van der Waals surface area contributed by atoms with Crippen LogP contribution in [0.4, 0.5) is 0 Å². The number of hydrogen-bond acceptors (Lipinski definition) is 6. The molecule has 0 unspecified atom stereocenters. The van der Waals surface area contributed by atoms with Crippen LogP contribution in [0.25, 0.3) is 0 Å². The Morgan fingerprint density at radius 3 is 2.17 bits per heavy atom. The van der Waals surface area contributed by atoms with Gasteiger partial charge < -0.3 is 9.15 Å². The Morgan fingerprint density at radius 1 is 0.958 bits per heavy atom. The quantitative estimate of drug-likeness (QED) is 0.706. The Hall–Kier alpha value is -2.67. The Labute approximate surface area is 140 Å². The fourth-order valence-electron chi connectivity index (χ4n) is 2.16. The zero-order valence-corrected chi connectivity index (χ0v) is 14.0. The molecule has 3 aromatic rings. The lowest BCUT2D eigenvalue weighted by Crippen LogP contribution is -2.05. The lowest BCUT2D eigenvalue weighted by atomic mass is 10.3. The van der Waals surface area contributed by atoms with Crippen LogP contribution >= 0.6 is 0 Å². The highest BCUT2D eigenvalue weighted by molar-refractivity contribution is 7.91. The fourth-order valence-corrected chi connectivity index (χ4v) is 3.45. The van der Waals surface area contributed by atoms with Crippen LogP contribution in [0.5, 0.6) is 5.75 Å². The van der Waals surface area contributed by atoms with Crippen LogP contribution in [0.2, 0.25) is 0 Å². The second kappa shape index (κ2) is 6.45. The smallest absolute Gasteiger partial charge is 0.256 e. The Balaban J connectivity index is 1.78. The molecule has 0 radical (unpaired) electrons. The Morgan fingerprint density at radius 2 is 1.58 bits per heavy atom. The molecule has 2 aromatic carbocycles. The van der Waals surface area contributed by atoms with E-state index in [1.807, 2.05) is 0 Å². The van der Waals surface area contributed by atoms with Gasteiger partial charge in [0, 0.05) is 6.92 Å². The van der Waals surface area contributed by atoms with Crippen LogP contribution in [-0.4, -0.2) is 18.6 Å². The molecule has 0 saturated heterocycles. The molecule has 0 fully saturated rings. The summed E-state index contributed by atoms with van der Waals surface area (Å²) in [7, 11) is -3.53. The topological polar surface area (TPSA) is 82.3 Å². The van der Waals surface area contributed by atoms with Gasteiger partial charge in [0.2, 0.25) is 15.7 Å². The van der Waals surface area contributed by atoms with Crippen molar-refractivity contribution in [2.24, 2.45) is 0 Å². The number of hydrogen-bond donors (Lipinski definition) is 0. The van der Waals surface area contributed by atoms with Gasteiger partial charge in [0.05, 0.1) is 9.79 Å². The maximum atomic E-state index is 12.5. The van der Waals surface area contributed by atoms with E-state index in [0.717, 1.165) is 0 Å². The van der Waals surface area contributed by atoms with E-state index in [0.29, 0.717) is 17.5 Å². The number of rotatable bonds is 5. The highest BCUT2D eigenvalue weighted by Crippen LogP contribution is 2.25. The van der Waals surface area contributed by atoms with Crippen molar-refractivity contribution in [2.45, 2.75) is 29.7 Å². The second-order valence-corrected chi connectivity index (χ2v) is 7.16. The summed E-state index contributed by atoms with van der Waals surface area (Å²) in [5.41, 5.74) is 0. The third kappa shape index (κ3) is 3.30. The van der Waals surface area contributed by atoms with Gasteiger partial charge in [0.1, 0.15) is 5.75 Å². The molecule has 7 heteroatoms. The Bertz CT molecular complexity index is 919. The minimum Gasteiger partial charge on any atom is -0.481 e. The molecule has 124 valence electrons. The first kappa shape index (κ1) is 16.2. The molecule has 24 heavy (non-hydrogen) atoms. The highest BCUT2D eigenvalue weighted by atomic mass is 32.2. The van der Waals surface area contributed by atoms with Gasteiger partial charge >= 0.3 is 0 Å². The molecule has 0 N–H and O–H groups in total. The first-order valence-electron chi connectivity index (χ1n) is 7.33. The van der Waals surface area contributed by atoms with Crippen molar-refractivity contribution in [2.75, 3.05) is 0 Å². The van der Waals surface area contributed by atoms with Gasteiger partial charge in [-0.3, -0.25) is 0 Å². The maximum absolute atomic E-state index is 12.5. The average Bonchev–Trinajstić information content (AvgIpc) is 3.03. The summed E-state index contributed by atoms with van der Waals surface area (Å²) in [4.78, 5) is 0.468. The SMILES string of the molecule is Cc1nnc([C@@H](C)Oc2ccc(S(=O)(=O)c3ccccc3)cc2)o1. The molecule has 0 aliphatic heterocycles. The summed E-state index contributed by atoms with van der Waals surface area (Å²) in [5, 5.41) is 7.65. The van der Waals surface area contributed by atoms with Gasteiger partial charge in [0.25, 0.3) is 5.89 Å². The van der Waals surface area contributed by atoms with Gasteiger partial charge in [-0.1, -0.05) is 18.2 Å². The predicted octanol–water partition coefficient (Wildman–Crippen LogP) is 3.35.